The van der Waals surface area contributed by atoms with Crippen LogP contribution in [-0.2, 0) is 16.1 Å². The maximum atomic E-state index is 11.2. The molecule has 0 N–H and O–H groups in total. The van der Waals surface area contributed by atoms with E-state index in [9.17, 15) is 4.79 Å². The molecule has 3 heteroatoms. The van der Waals surface area contributed by atoms with Gasteiger partial charge in [-0.15, -0.1) is 0 Å². The fourth-order valence-electron chi connectivity index (χ4n) is 1.58. The van der Waals surface area contributed by atoms with Crippen LogP contribution < -0.4 is 0 Å². The molecular weight excluding hydrogens is 216 g/mol. The Morgan fingerprint density at radius 1 is 1.29 bits per heavy atom. The van der Waals surface area contributed by atoms with Gasteiger partial charge < -0.3 is 9.47 Å². The first-order valence-corrected chi connectivity index (χ1v) is 5.96. The van der Waals surface area contributed by atoms with Gasteiger partial charge in [0.05, 0.1) is 25.4 Å². The van der Waals surface area contributed by atoms with E-state index in [1.165, 1.54) is 7.11 Å². The van der Waals surface area contributed by atoms with Gasteiger partial charge in [0.1, 0.15) is 0 Å². The SMILES string of the molecule is CCCC(C)OCc1ccc(C(=O)OC)cc1. The number of ether oxygens (including phenoxy) is 2. The largest absolute Gasteiger partial charge is 0.465 e. The number of carbonyl (C=O) groups excluding carboxylic acids is 1. The standard InChI is InChI=1S/C14H20O3/c1-4-5-11(2)17-10-12-6-8-13(9-7-12)14(15)16-3/h6-9,11H,4-5,10H2,1-3H3. The van der Waals surface area contributed by atoms with Crippen molar-refractivity contribution in [3.8, 4) is 0 Å². The lowest BCUT2D eigenvalue weighted by Gasteiger charge is -2.11. The quantitative estimate of drug-likeness (QED) is 0.712. The number of esters is 1. The average molecular weight is 236 g/mol. The van der Waals surface area contributed by atoms with Gasteiger partial charge in [0.2, 0.25) is 0 Å². The Morgan fingerprint density at radius 3 is 2.47 bits per heavy atom. The van der Waals surface area contributed by atoms with Gasteiger partial charge in [-0.1, -0.05) is 25.5 Å². The van der Waals surface area contributed by atoms with Crippen molar-refractivity contribution in [1.29, 1.82) is 0 Å². The molecule has 0 aromatic heterocycles. The molecule has 0 spiro atoms. The lowest BCUT2D eigenvalue weighted by atomic mass is 10.1. The van der Waals surface area contributed by atoms with E-state index in [1.807, 2.05) is 12.1 Å². The van der Waals surface area contributed by atoms with Crippen LogP contribution in [0.4, 0.5) is 0 Å². The Morgan fingerprint density at radius 2 is 1.94 bits per heavy atom. The minimum atomic E-state index is -0.309. The minimum absolute atomic E-state index is 0.278. The molecule has 0 fully saturated rings. The van der Waals surface area contributed by atoms with E-state index in [1.54, 1.807) is 12.1 Å². The fourth-order valence-corrected chi connectivity index (χ4v) is 1.58. The van der Waals surface area contributed by atoms with Crippen molar-refractivity contribution >= 4 is 5.97 Å². The molecule has 0 bridgehead atoms. The van der Waals surface area contributed by atoms with Crippen LogP contribution in [0.2, 0.25) is 0 Å². The molecule has 0 amide bonds. The van der Waals surface area contributed by atoms with Gasteiger partial charge in [-0.05, 0) is 31.0 Å². The summed E-state index contributed by atoms with van der Waals surface area (Å²) in [6.07, 6.45) is 2.48. The highest BCUT2D eigenvalue weighted by Gasteiger charge is 2.05. The zero-order chi connectivity index (χ0) is 12.7. The van der Waals surface area contributed by atoms with Crippen LogP contribution in [0.25, 0.3) is 0 Å². The Balaban J connectivity index is 2.48. The molecular formula is C14H20O3. The first-order valence-electron chi connectivity index (χ1n) is 5.96. The number of hydrogen-bond donors (Lipinski definition) is 0. The summed E-state index contributed by atoms with van der Waals surface area (Å²) in [5.74, 6) is -0.309. The lowest BCUT2D eigenvalue weighted by Crippen LogP contribution is -2.07. The van der Waals surface area contributed by atoms with E-state index < -0.39 is 0 Å². The molecule has 0 heterocycles. The predicted molar refractivity (Wildman–Crippen MR) is 66.9 cm³/mol. The van der Waals surface area contributed by atoms with Gasteiger partial charge in [-0.25, -0.2) is 4.79 Å². The molecule has 1 aromatic carbocycles. The number of benzene rings is 1. The molecule has 0 saturated carbocycles. The summed E-state index contributed by atoms with van der Waals surface area (Å²) < 4.78 is 10.3. The molecule has 0 aliphatic rings. The molecule has 1 unspecified atom stereocenters. The third-order valence-corrected chi connectivity index (χ3v) is 2.60. The van der Waals surface area contributed by atoms with E-state index in [4.69, 9.17) is 4.74 Å². The molecule has 0 aliphatic heterocycles. The molecule has 1 atom stereocenters. The van der Waals surface area contributed by atoms with Crippen LogP contribution in [0.5, 0.6) is 0 Å². The first-order chi connectivity index (χ1) is 8.17. The monoisotopic (exact) mass is 236 g/mol. The zero-order valence-corrected chi connectivity index (χ0v) is 10.7. The molecule has 3 nitrogen and oxygen atoms in total. The number of hydrogen-bond acceptors (Lipinski definition) is 3. The summed E-state index contributed by atoms with van der Waals surface area (Å²) in [6.45, 7) is 4.81. The highest BCUT2D eigenvalue weighted by atomic mass is 16.5. The van der Waals surface area contributed by atoms with Crippen LogP contribution in [-0.4, -0.2) is 19.2 Å². The van der Waals surface area contributed by atoms with Gasteiger partial charge in [0, 0.05) is 0 Å². The van der Waals surface area contributed by atoms with E-state index in [0.29, 0.717) is 12.2 Å². The molecule has 17 heavy (non-hydrogen) atoms. The second kappa shape index (κ2) is 7.07. The Kier molecular flexibility index (Phi) is 5.70. The van der Waals surface area contributed by atoms with Crippen molar-refractivity contribution in [2.24, 2.45) is 0 Å². The molecule has 1 rings (SSSR count). The van der Waals surface area contributed by atoms with E-state index in [0.717, 1.165) is 18.4 Å². The van der Waals surface area contributed by atoms with Crippen LogP contribution in [0, 0.1) is 0 Å². The second-order valence-electron chi connectivity index (χ2n) is 4.10. The number of rotatable bonds is 6. The summed E-state index contributed by atoms with van der Waals surface area (Å²) in [7, 11) is 1.38. The van der Waals surface area contributed by atoms with Crippen molar-refractivity contribution in [3.63, 3.8) is 0 Å². The summed E-state index contributed by atoms with van der Waals surface area (Å²) in [5.41, 5.74) is 1.64. The first kappa shape index (κ1) is 13.7. The molecule has 0 saturated heterocycles. The Hall–Kier alpha value is -1.35. The van der Waals surface area contributed by atoms with E-state index in [-0.39, 0.29) is 12.1 Å². The molecule has 0 radical (unpaired) electrons. The maximum absolute atomic E-state index is 11.2. The van der Waals surface area contributed by atoms with Crippen LogP contribution in [0.15, 0.2) is 24.3 Å². The summed E-state index contributed by atoms with van der Waals surface area (Å²) in [4.78, 5) is 11.2. The lowest BCUT2D eigenvalue weighted by molar-refractivity contribution is 0.0471. The van der Waals surface area contributed by atoms with Gasteiger partial charge in [0.25, 0.3) is 0 Å². The topological polar surface area (TPSA) is 35.5 Å². The van der Waals surface area contributed by atoms with Gasteiger partial charge in [0.15, 0.2) is 0 Å². The van der Waals surface area contributed by atoms with Crippen molar-refractivity contribution in [2.75, 3.05) is 7.11 Å². The average Bonchev–Trinajstić information content (AvgIpc) is 2.36. The second-order valence-corrected chi connectivity index (χ2v) is 4.10. The number of carbonyl (C=O) groups is 1. The van der Waals surface area contributed by atoms with Crippen LogP contribution in [0.1, 0.15) is 42.6 Å². The van der Waals surface area contributed by atoms with Crippen molar-refractivity contribution in [1.82, 2.24) is 0 Å². The summed E-state index contributed by atoms with van der Waals surface area (Å²) in [6, 6.07) is 7.31. The predicted octanol–water partition coefficient (Wildman–Crippen LogP) is 3.18. The molecule has 1 aromatic rings. The molecule has 0 aliphatic carbocycles. The molecule has 94 valence electrons. The normalized spacial score (nSPS) is 12.2. The maximum Gasteiger partial charge on any atom is 0.337 e. The van der Waals surface area contributed by atoms with Crippen molar-refractivity contribution < 1.29 is 14.3 Å². The summed E-state index contributed by atoms with van der Waals surface area (Å²) in [5, 5.41) is 0. The summed E-state index contributed by atoms with van der Waals surface area (Å²) >= 11 is 0. The number of methoxy groups -OCH3 is 1. The Labute approximate surface area is 103 Å². The third kappa shape index (κ3) is 4.57. The highest BCUT2D eigenvalue weighted by molar-refractivity contribution is 5.89. The van der Waals surface area contributed by atoms with Crippen LogP contribution >= 0.6 is 0 Å². The highest BCUT2D eigenvalue weighted by Crippen LogP contribution is 2.09. The Bertz CT molecular complexity index is 343. The van der Waals surface area contributed by atoms with Crippen molar-refractivity contribution in [2.45, 2.75) is 39.4 Å². The van der Waals surface area contributed by atoms with Gasteiger partial charge >= 0.3 is 5.97 Å². The van der Waals surface area contributed by atoms with E-state index >= 15 is 0 Å². The van der Waals surface area contributed by atoms with E-state index in [2.05, 4.69) is 18.6 Å². The fraction of sp³-hybridized carbons (Fsp3) is 0.500. The zero-order valence-electron chi connectivity index (χ0n) is 10.7. The van der Waals surface area contributed by atoms with Crippen LogP contribution in [0.3, 0.4) is 0 Å². The van der Waals surface area contributed by atoms with Gasteiger partial charge in [-0.3, -0.25) is 0 Å². The smallest absolute Gasteiger partial charge is 0.337 e. The third-order valence-electron chi connectivity index (χ3n) is 2.60. The van der Waals surface area contributed by atoms with Gasteiger partial charge in [-0.2, -0.15) is 0 Å². The minimum Gasteiger partial charge on any atom is -0.465 e. The van der Waals surface area contributed by atoms with Crippen molar-refractivity contribution in [3.05, 3.63) is 35.4 Å².